The Kier molecular flexibility index (Phi) is 2.69. The molecule has 14 heavy (non-hydrogen) atoms. The fourth-order valence-corrected chi connectivity index (χ4v) is 1.89. The molecule has 76 valence electrons. The van der Waals surface area contributed by atoms with Gasteiger partial charge in [-0.3, -0.25) is 0 Å². The second kappa shape index (κ2) is 3.98. The first kappa shape index (κ1) is 9.48. The molecular formula is C9H13N3OS. The van der Waals surface area contributed by atoms with Gasteiger partial charge in [0, 0.05) is 17.5 Å². The molecule has 1 heterocycles. The maximum Gasteiger partial charge on any atom is 0.319 e. The van der Waals surface area contributed by atoms with Crippen molar-refractivity contribution in [3.05, 3.63) is 16.3 Å². The van der Waals surface area contributed by atoms with Gasteiger partial charge in [0.05, 0.1) is 5.69 Å². The minimum atomic E-state index is -0.124. The SMILES string of the molecule is NCc1sccc1NC(=O)NC1CC1. The number of nitrogens with one attached hydrogen (secondary N) is 2. The van der Waals surface area contributed by atoms with E-state index >= 15 is 0 Å². The third-order valence-corrected chi connectivity index (χ3v) is 3.03. The lowest BCUT2D eigenvalue weighted by atomic mass is 10.4. The second-order valence-corrected chi connectivity index (χ2v) is 4.33. The van der Waals surface area contributed by atoms with Gasteiger partial charge in [0.2, 0.25) is 0 Å². The van der Waals surface area contributed by atoms with Crippen molar-refractivity contribution in [2.75, 3.05) is 5.32 Å². The Hall–Kier alpha value is -1.07. The third kappa shape index (κ3) is 2.24. The average molecular weight is 211 g/mol. The number of urea groups is 1. The highest BCUT2D eigenvalue weighted by atomic mass is 32.1. The highest BCUT2D eigenvalue weighted by Gasteiger charge is 2.23. The van der Waals surface area contributed by atoms with Crippen molar-refractivity contribution in [1.82, 2.24) is 5.32 Å². The van der Waals surface area contributed by atoms with E-state index in [1.54, 1.807) is 11.3 Å². The van der Waals surface area contributed by atoms with Crippen LogP contribution in [0.5, 0.6) is 0 Å². The number of amides is 2. The number of hydrogen-bond donors (Lipinski definition) is 3. The summed E-state index contributed by atoms with van der Waals surface area (Å²) in [5.74, 6) is 0. The van der Waals surface area contributed by atoms with Gasteiger partial charge in [0.15, 0.2) is 0 Å². The molecule has 1 aliphatic rings. The van der Waals surface area contributed by atoms with E-state index in [1.165, 1.54) is 0 Å². The van der Waals surface area contributed by atoms with Gasteiger partial charge in [-0.25, -0.2) is 4.79 Å². The lowest BCUT2D eigenvalue weighted by Gasteiger charge is -2.06. The minimum absolute atomic E-state index is 0.124. The molecule has 0 atom stereocenters. The number of carbonyl (C=O) groups is 1. The van der Waals surface area contributed by atoms with Crippen molar-refractivity contribution in [2.24, 2.45) is 5.73 Å². The molecule has 0 bridgehead atoms. The van der Waals surface area contributed by atoms with Gasteiger partial charge >= 0.3 is 6.03 Å². The van der Waals surface area contributed by atoms with Crippen molar-refractivity contribution in [3.8, 4) is 0 Å². The topological polar surface area (TPSA) is 67.1 Å². The van der Waals surface area contributed by atoms with Crippen LogP contribution in [0.15, 0.2) is 11.4 Å². The summed E-state index contributed by atoms with van der Waals surface area (Å²) in [6.45, 7) is 0.469. The summed E-state index contributed by atoms with van der Waals surface area (Å²) in [4.78, 5) is 12.4. The first-order valence-electron chi connectivity index (χ1n) is 4.63. The molecule has 0 unspecified atom stereocenters. The van der Waals surface area contributed by atoms with Crippen molar-refractivity contribution in [3.63, 3.8) is 0 Å². The van der Waals surface area contributed by atoms with Crippen LogP contribution in [-0.4, -0.2) is 12.1 Å². The van der Waals surface area contributed by atoms with Crippen LogP contribution in [0, 0.1) is 0 Å². The molecule has 2 rings (SSSR count). The van der Waals surface area contributed by atoms with Gasteiger partial charge in [0.1, 0.15) is 0 Å². The number of hydrogen-bond acceptors (Lipinski definition) is 3. The Balaban J connectivity index is 1.91. The second-order valence-electron chi connectivity index (χ2n) is 3.33. The zero-order chi connectivity index (χ0) is 9.97. The molecule has 1 fully saturated rings. The Morgan fingerprint density at radius 2 is 2.43 bits per heavy atom. The van der Waals surface area contributed by atoms with E-state index < -0.39 is 0 Å². The van der Waals surface area contributed by atoms with E-state index in [0.29, 0.717) is 12.6 Å². The van der Waals surface area contributed by atoms with Crippen molar-refractivity contribution >= 4 is 23.1 Å². The predicted octanol–water partition coefficient (Wildman–Crippen LogP) is 1.49. The number of rotatable bonds is 3. The smallest absolute Gasteiger partial charge is 0.319 e. The molecule has 1 aliphatic carbocycles. The van der Waals surface area contributed by atoms with Gasteiger partial charge in [-0.2, -0.15) is 0 Å². The molecule has 5 heteroatoms. The molecule has 0 aliphatic heterocycles. The van der Waals surface area contributed by atoms with Crippen LogP contribution in [0.4, 0.5) is 10.5 Å². The van der Waals surface area contributed by atoms with Crippen LogP contribution in [-0.2, 0) is 6.54 Å². The van der Waals surface area contributed by atoms with Gasteiger partial charge in [-0.05, 0) is 24.3 Å². The summed E-state index contributed by atoms with van der Waals surface area (Å²) in [5.41, 5.74) is 6.35. The molecule has 0 saturated heterocycles. The van der Waals surface area contributed by atoms with Gasteiger partial charge in [0.25, 0.3) is 0 Å². The number of carbonyl (C=O) groups excluding carboxylic acids is 1. The molecule has 2 amide bonds. The summed E-state index contributed by atoms with van der Waals surface area (Å²) in [6, 6.07) is 2.13. The highest BCUT2D eigenvalue weighted by Crippen LogP contribution is 2.22. The molecule has 0 aromatic carbocycles. The van der Waals surface area contributed by atoms with Crippen LogP contribution >= 0.6 is 11.3 Å². The first-order chi connectivity index (χ1) is 6.79. The van der Waals surface area contributed by atoms with E-state index in [1.807, 2.05) is 11.4 Å². The number of nitrogens with two attached hydrogens (primary N) is 1. The molecular weight excluding hydrogens is 198 g/mol. The average Bonchev–Trinajstić information content (AvgIpc) is 2.84. The fourth-order valence-electron chi connectivity index (χ4n) is 1.18. The summed E-state index contributed by atoms with van der Waals surface area (Å²) >= 11 is 1.56. The molecule has 4 N–H and O–H groups in total. The van der Waals surface area contributed by atoms with Crippen LogP contribution in [0.2, 0.25) is 0 Å². The Labute approximate surface area is 86.5 Å². The maximum atomic E-state index is 11.4. The Morgan fingerprint density at radius 1 is 1.64 bits per heavy atom. The molecule has 1 aromatic rings. The van der Waals surface area contributed by atoms with E-state index in [4.69, 9.17) is 5.73 Å². The lowest BCUT2D eigenvalue weighted by Crippen LogP contribution is -2.30. The fraction of sp³-hybridized carbons (Fsp3) is 0.444. The third-order valence-electron chi connectivity index (χ3n) is 2.09. The molecule has 1 saturated carbocycles. The Morgan fingerprint density at radius 3 is 3.07 bits per heavy atom. The zero-order valence-corrected chi connectivity index (χ0v) is 8.56. The van der Waals surface area contributed by atoms with E-state index in [-0.39, 0.29) is 6.03 Å². The summed E-state index contributed by atoms with van der Waals surface area (Å²) in [5, 5.41) is 7.58. The minimum Gasteiger partial charge on any atom is -0.335 e. The van der Waals surface area contributed by atoms with Crippen LogP contribution in [0.3, 0.4) is 0 Å². The zero-order valence-electron chi connectivity index (χ0n) is 7.75. The number of anilines is 1. The standard InChI is InChI=1S/C9H13N3OS/c10-5-8-7(3-4-14-8)12-9(13)11-6-1-2-6/h3-4,6H,1-2,5,10H2,(H2,11,12,13). The van der Waals surface area contributed by atoms with Crippen LogP contribution in [0.1, 0.15) is 17.7 Å². The van der Waals surface area contributed by atoms with Crippen LogP contribution < -0.4 is 16.4 Å². The van der Waals surface area contributed by atoms with Gasteiger partial charge in [-0.15, -0.1) is 11.3 Å². The first-order valence-corrected chi connectivity index (χ1v) is 5.51. The maximum absolute atomic E-state index is 11.4. The molecule has 0 radical (unpaired) electrons. The largest absolute Gasteiger partial charge is 0.335 e. The summed E-state index contributed by atoms with van der Waals surface area (Å²) in [6.07, 6.45) is 2.20. The quantitative estimate of drug-likeness (QED) is 0.709. The normalized spacial score (nSPS) is 15.2. The summed E-state index contributed by atoms with van der Waals surface area (Å²) in [7, 11) is 0. The van der Waals surface area contributed by atoms with Crippen molar-refractivity contribution in [2.45, 2.75) is 25.4 Å². The van der Waals surface area contributed by atoms with Crippen molar-refractivity contribution in [1.29, 1.82) is 0 Å². The molecule has 0 spiro atoms. The molecule has 1 aromatic heterocycles. The highest BCUT2D eigenvalue weighted by molar-refractivity contribution is 7.10. The van der Waals surface area contributed by atoms with E-state index in [9.17, 15) is 4.79 Å². The van der Waals surface area contributed by atoms with E-state index in [0.717, 1.165) is 23.4 Å². The molecule has 4 nitrogen and oxygen atoms in total. The summed E-state index contributed by atoms with van der Waals surface area (Å²) < 4.78 is 0. The van der Waals surface area contributed by atoms with Gasteiger partial charge in [-0.1, -0.05) is 0 Å². The monoisotopic (exact) mass is 211 g/mol. The Bertz CT molecular complexity index is 333. The number of thiophene rings is 1. The lowest BCUT2D eigenvalue weighted by molar-refractivity contribution is 0.251. The van der Waals surface area contributed by atoms with Crippen molar-refractivity contribution < 1.29 is 4.79 Å². The predicted molar refractivity (Wildman–Crippen MR) is 57.4 cm³/mol. The van der Waals surface area contributed by atoms with E-state index in [2.05, 4.69) is 10.6 Å². The van der Waals surface area contributed by atoms with Gasteiger partial charge < -0.3 is 16.4 Å². The van der Waals surface area contributed by atoms with Crippen LogP contribution in [0.25, 0.3) is 0 Å².